The minimum absolute atomic E-state index is 0.266. The molecule has 1 aromatic rings. The molecule has 4 amide bonds. The van der Waals surface area contributed by atoms with E-state index in [0.29, 0.717) is 44.1 Å². The number of benzene rings is 1. The number of amides is 4. The number of nitrogens with one attached hydrogen (secondary N) is 2. The maximum atomic E-state index is 12.2. The van der Waals surface area contributed by atoms with Gasteiger partial charge in [-0.15, -0.1) is 0 Å². The third-order valence-electron chi connectivity index (χ3n) is 4.33. The summed E-state index contributed by atoms with van der Waals surface area (Å²) in [5.74, 6) is 0.665. The SMILES string of the molecule is CCCC1NC(=O)N(CC(=O)NCCc2ccc(OCC)c(OCC)c2)C1=O. The van der Waals surface area contributed by atoms with Crippen LogP contribution < -0.4 is 20.1 Å². The van der Waals surface area contributed by atoms with Crippen LogP contribution in [0.15, 0.2) is 18.2 Å². The van der Waals surface area contributed by atoms with Gasteiger partial charge in [0.15, 0.2) is 11.5 Å². The predicted molar refractivity (Wildman–Crippen MR) is 104 cm³/mol. The Morgan fingerprint density at radius 2 is 1.86 bits per heavy atom. The zero-order chi connectivity index (χ0) is 20.5. The van der Waals surface area contributed by atoms with Crippen LogP contribution in [0.5, 0.6) is 11.5 Å². The number of carbonyl (C=O) groups is 3. The zero-order valence-electron chi connectivity index (χ0n) is 16.7. The highest BCUT2D eigenvalue weighted by atomic mass is 16.5. The molecule has 1 heterocycles. The average molecular weight is 391 g/mol. The lowest BCUT2D eigenvalue weighted by atomic mass is 10.1. The second kappa shape index (κ2) is 10.5. The van der Waals surface area contributed by atoms with Gasteiger partial charge < -0.3 is 20.1 Å². The molecule has 28 heavy (non-hydrogen) atoms. The van der Waals surface area contributed by atoms with Crippen molar-refractivity contribution in [3.8, 4) is 11.5 Å². The molecule has 0 bridgehead atoms. The maximum Gasteiger partial charge on any atom is 0.325 e. The summed E-state index contributed by atoms with van der Waals surface area (Å²) in [5, 5.41) is 5.36. The standard InChI is InChI=1S/C20H29N3O5/c1-4-7-15-19(25)23(20(26)22-15)13-18(24)21-11-10-14-8-9-16(27-5-2)17(12-14)28-6-3/h8-9,12,15H,4-7,10-11,13H2,1-3H3,(H,21,24)(H,22,26). The van der Waals surface area contributed by atoms with Crippen LogP contribution in [0.3, 0.4) is 0 Å². The number of ether oxygens (including phenoxy) is 2. The van der Waals surface area contributed by atoms with E-state index in [1.165, 1.54) is 0 Å². The van der Waals surface area contributed by atoms with Crippen molar-refractivity contribution in [1.29, 1.82) is 0 Å². The van der Waals surface area contributed by atoms with Crippen LogP contribution >= 0.6 is 0 Å². The Labute approximate surface area is 165 Å². The third kappa shape index (κ3) is 5.61. The maximum absolute atomic E-state index is 12.2. The lowest BCUT2D eigenvalue weighted by Crippen LogP contribution is -2.41. The van der Waals surface area contributed by atoms with E-state index >= 15 is 0 Å². The Bertz CT molecular complexity index is 707. The number of hydrogen-bond donors (Lipinski definition) is 2. The van der Waals surface area contributed by atoms with Crippen molar-refractivity contribution in [2.75, 3.05) is 26.3 Å². The Hall–Kier alpha value is -2.77. The first kappa shape index (κ1) is 21.5. The fourth-order valence-electron chi connectivity index (χ4n) is 3.01. The second-order valence-corrected chi connectivity index (χ2v) is 6.46. The van der Waals surface area contributed by atoms with E-state index in [9.17, 15) is 14.4 Å². The Kier molecular flexibility index (Phi) is 8.10. The van der Waals surface area contributed by atoms with Crippen molar-refractivity contribution in [3.05, 3.63) is 23.8 Å². The highest BCUT2D eigenvalue weighted by molar-refractivity contribution is 6.06. The summed E-state index contributed by atoms with van der Waals surface area (Å²) in [6, 6.07) is 4.64. The Balaban J connectivity index is 1.84. The minimum atomic E-state index is -0.522. The normalized spacial score (nSPS) is 16.1. The van der Waals surface area contributed by atoms with E-state index in [2.05, 4.69) is 10.6 Å². The summed E-state index contributed by atoms with van der Waals surface area (Å²) in [6.07, 6.45) is 1.95. The number of carbonyl (C=O) groups excluding carboxylic acids is 3. The van der Waals surface area contributed by atoms with Crippen LogP contribution in [0.1, 0.15) is 39.2 Å². The molecule has 8 heteroatoms. The first-order valence-electron chi connectivity index (χ1n) is 9.77. The molecule has 0 aromatic heterocycles. The number of imide groups is 1. The molecular formula is C20H29N3O5. The van der Waals surface area contributed by atoms with Crippen molar-refractivity contribution < 1.29 is 23.9 Å². The first-order valence-corrected chi connectivity index (χ1v) is 9.77. The molecule has 1 aliphatic rings. The van der Waals surface area contributed by atoms with Crippen molar-refractivity contribution in [3.63, 3.8) is 0 Å². The van der Waals surface area contributed by atoms with E-state index in [1.807, 2.05) is 39.0 Å². The monoisotopic (exact) mass is 391 g/mol. The summed E-state index contributed by atoms with van der Waals surface area (Å²) >= 11 is 0. The molecule has 1 atom stereocenters. The van der Waals surface area contributed by atoms with E-state index in [-0.39, 0.29) is 18.4 Å². The Morgan fingerprint density at radius 3 is 2.54 bits per heavy atom. The minimum Gasteiger partial charge on any atom is -0.490 e. The van der Waals surface area contributed by atoms with Crippen molar-refractivity contribution in [2.24, 2.45) is 0 Å². The average Bonchev–Trinajstić information content (AvgIpc) is 2.92. The van der Waals surface area contributed by atoms with E-state index in [0.717, 1.165) is 16.9 Å². The van der Waals surface area contributed by atoms with Gasteiger partial charge in [-0.25, -0.2) is 4.79 Å². The third-order valence-corrected chi connectivity index (χ3v) is 4.33. The van der Waals surface area contributed by atoms with Gasteiger partial charge in [-0.05, 0) is 44.4 Å². The van der Waals surface area contributed by atoms with Gasteiger partial charge >= 0.3 is 6.03 Å². The van der Waals surface area contributed by atoms with Crippen molar-refractivity contribution >= 4 is 17.8 Å². The van der Waals surface area contributed by atoms with Crippen LogP contribution in [0.2, 0.25) is 0 Å². The summed E-state index contributed by atoms with van der Waals surface area (Å²) in [4.78, 5) is 37.1. The van der Waals surface area contributed by atoms with Crippen LogP contribution in [0.4, 0.5) is 4.79 Å². The molecule has 8 nitrogen and oxygen atoms in total. The largest absolute Gasteiger partial charge is 0.490 e. The molecule has 1 unspecified atom stereocenters. The van der Waals surface area contributed by atoms with Gasteiger partial charge in [-0.2, -0.15) is 0 Å². The Morgan fingerprint density at radius 1 is 1.14 bits per heavy atom. The van der Waals surface area contributed by atoms with Crippen LogP contribution in [0.25, 0.3) is 0 Å². The molecule has 0 radical (unpaired) electrons. The molecular weight excluding hydrogens is 362 g/mol. The number of hydrogen-bond acceptors (Lipinski definition) is 5. The van der Waals surface area contributed by atoms with E-state index in [4.69, 9.17) is 9.47 Å². The van der Waals surface area contributed by atoms with Gasteiger partial charge in [-0.3, -0.25) is 14.5 Å². The highest BCUT2D eigenvalue weighted by Crippen LogP contribution is 2.28. The fourth-order valence-corrected chi connectivity index (χ4v) is 3.01. The fraction of sp³-hybridized carbons (Fsp3) is 0.550. The number of nitrogens with zero attached hydrogens (tertiary/aromatic N) is 1. The first-order chi connectivity index (χ1) is 13.5. The summed E-state index contributed by atoms with van der Waals surface area (Å²) in [5.41, 5.74) is 0.991. The molecule has 2 N–H and O–H groups in total. The smallest absolute Gasteiger partial charge is 0.325 e. The quantitative estimate of drug-likeness (QED) is 0.561. The predicted octanol–water partition coefficient (Wildman–Crippen LogP) is 1.86. The van der Waals surface area contributed by atoms with Gasteiger partial charge in [0.1, 0.15) is 12.6 Å². The van der Waals surface area contributed by atoms with Gasteiger partial charge in [0, 0.05) is 6.54 Å². The van der Waals surface area contributed by atoms with E-state index < -0.39 is 12.1 Å². The van der Waals surface area contributed by atoms with Gasteiger partial charge in [0.05, 0.1) is 13.2 Å². The molecule has 1 aliphatic heterocycles. The lowest BCUT2D eigenvalue weighted by molar-refractivity contribution is -0.132. The van der Waals surface area contributed by atoms with E-state index in [1.54, 1.807) is 0 Å². The van der Waals surface area contributed by atoms with Crippen molar-refractivity contribution in [2.45, 2.75) is 46.1 Å². The summed E-state index contributed by atoms with van der Waals surface area (Å²) < 4.78 is 11.1. The summed E-state index contributed by atoms with van der Waals surface area (Å²) in [7, 11) is 0. The second-order valence-electron chi connectivity index (χ2n) is 6.46. The number of urea groups is 1. The molecule has 0 spiro atoms. The van der Waals surface area contributed by atoms with Gasteiger partial charge in [0.2, 0.25) is 5.91 Å². The molecule has 1 fully saturated rings. The molecule has 1 saturated heterocycles. The van der Waals surface area contributed by atoms with Crippen LogP contribution in [-0.4, -0.2) is 55.1 Å². The molecule has 1 aromatic carbocycles. The number of rotatable bonds is 11. The molecule has 154 valence electrons. The zero-order valence-corrected chi connectivity index (χ0v) is 16.7. The van der Waals surface area contributed by atoms with Crippen LogP contribution in [-0.2, 0) is 16.0 Å². The lowest BCUT2D eigenvalue weighted by Gasteiger charge is -2.14. The van der Waals surface area contributed by atoms with Crippen molar-refractivity contribution in [1.82, 2.24) is 15.5 Å². The van der Waals surface area contributed by atoms with Gasteiger partial charge in [0.25, 0.3) is 5.91 Å². The molecule has 0 saturated carbocycles. The molecule has 2 rings (SSSR count). The summed E-state index contributed by atoms with van der Waals surface area (Å²) in [6.45, 7) is 6.96. The van der Waals surface area contributed by atoms with Crippen LogP contribution in [0, 0.1) is 0 Å². The topological polar surface area (TPSA) is 97.0 Å². The highest BCUT2D eigenvalue weighted by Gasteiger charge is 2.38. The molecule has 0 aliphatic carbocycles. The van der Waals surface area contributed by atoms with Gasteiger partial charge in [-0.1, -0.05) is 19.4 Å².